The highest BCUT2D eigenvalue weighted by Crippen LogP contribution is 2.14. The molecule has 0 spiro atoms. The minimum atomic E-state index is 0. The summed E-state index contributed by atoms with van der Waals surface area (Å²) in [5, 5.41) is 3.02. The van der Waals surface area contributed by atoms with Gasteiger partial charge in [0.1, 0.15) is 0 Å². The Kier molecular flexibility index (Phi) is 9.39. The van der Waals surface area contributed by atoms with Gasteiger partial charge in [-0.05, 0) is 42.7 Å². The van der Waals surface area contributed by atoms with Crippen LogP contribution in [0.1, 0.15) is 23.1 Å². The summed E-state index contributed by atoms with van der Waals surface area (Å²) < 4.78 is 0. The first-order valence-electron chi connectivity index (χ1n) is 10.1. The smallest absolute Gasteiger partial charge is 0.225 e. The monoisotopic (exact) mass is 412 g/mol. The van der Waals surface area contributed by atoms with Gasteiger partial charge in [0.05, 0.1) is 0 Å². The molecule has 0 bridgehead atoms. The third-order valence-electron chi connectivity index (χ3n) is 5.38. The second kappa shape index (κ2) is 11.8. The van der Waals surface area contributed by atoms with Crippen molar-refractivity contribution >= 4 is 17.7 Å². The van der Waals surface area contributed by atoms with Crippen molar-refractivity contribution in [3.8, 4) is 0 Å². The van der Waals surface area contributed by atoms with Gasteiger partial charge in [0.25, 0.3) is 0 Å². The van der Waals surface area contributed by atoms with Crippen molar-refractivity contribution in [2.24, 2.45) is 0 Å². The predicted molar refractivity (Wildman–Crippen MR) is 118 cm³/mol. The Morgan fingerprint density at radius 2 is 1.66 bits per heavy atom. The molecule has 29 heavy (non-hydrogen) atoms. The van der Waals surface area contributed by atoms with E-state index in [-0.39, 0.29) is 18.3 Å². The number of rotatable bonds is 7. The van der Waals surface area contributed by atoms with Gasteiger partial charge in [-0.25, -0.2) is 0 Å². The number of nitrogens with one attached hydrogen (secondary N) is 1. The minimum Gasteiger partial charge on any atom is -1.00 e. The fourth-order valence-electron chi connectivity index (χ4n) is 3.40. The lowest BCUT2D eigenvalue weighted by Gasteiger charge is -2.34. The highest BCUT2D eigenvalue weighted by Gasteiger charge is 2.16. The predicted octanol–water partition coefficient (Wildman–Crippen LogP) is 0.967. The zero-order valence-electron chi connectivity index (χ0n) is 17.4. The van der Waals surface area contributed by atoms with Gasteiger partial charge >= 0.3 is 0 Å². The third-order valence-corrected chi connectivity index (χ3v) is 5.38. The standard InChI is InChI=1S/C24H31N3O.ClH/c1-20-10-11-23(19-21(20)2)25-24(28)12-14-27-17-15-26(16-18-27)13-6-9-22-7-4-3-5-8-22;/h3-11,19H,12-18H2,1-2H3,(H,25,28);1H/p-1/b9-6+;. The fraction of sp³-hybridized carbons (Fsp3) is 0.375. The summed E-state index contributed by atoms with van der Waals surface area (Å²) in [4.78, 5) is 17.1. The Hall–Kier alpha value is -2.14. The van der Waals surface area contributed by atoms with Gasteiger partial charge in [-0.3, -0.25) is 9.69 Å². The second-order valence-corrected chi connectivity index (χ2v) is 7.55. The normalized spacial score (nSPS) is 15.2. The molecule has 2 aromatic carbocycles. The zero-order valence-corrected chi connectivity index (χ0v) is 18.2. The van der Waals surface area contributed by atoms with Crippen LogP contribution in [0.25, 0.3) is 6.08 Å². The third kappa shape index (κ3) is 7.65. The van der Waals surface area contributed by atoms with Crippen molar-refractivity contribution in [1.29, 1.82) is 0 Å². The Bertz CT molecular complexity index is 799. The highest BCUT2D eigenvalue weighted by atomic mass is 35.5. The topological polar surface area (TPSA) is 35.6 Å². The highest BCUT2D eigenvalue weighted by molar-refractivity contribution is 5.90. The molecule has 1 aliphatic heterocycles. The summed E-state index contributed by atoms with van der Waals surface area (Å²) in [5.74, 6) is 0.0940. The summed E-state index contributed by atoms with van der Waals surface area (Å²) in [5.41, 5.74) is 4.59. The SMILES string of the molecule is Cc1ccc(NC(=O)CCN2CCN(C/C=C/c3ccccc3)CC2)cc1C.[Cl-]. The summed E-state index contributed by atoms with van der Waals surface area (Å²) >= 11 is 0. The lowest BCUT2D eigenvalue weighted by molar-refractivity contribution is -0.116. The minimum absolute atomic E-state index is 0. The summed E-state index contributed by atoms with van der Waals surface area (Å²) in [6.45, 7) is 10.1. The quantitative estimate of drug-likeness (QED) is 0.736. The molecule has 1 amide bonds. The van der Waals surface area contributed by atoms with Crippen LogP contribution in [0.5, 0.6) is 0 Å². The first kappa shape index (κ1) is 23.1. The van der Waals surface area contributed by atoms with Crippen molar-refractivity contribution < 1.29 is 17.2 Å². The van der Waals surface area contributed by atoms with Crippen LogP contribution in [0.15, 0.2) is 54.6 Å². The molecule has 156 valence electrons. The number of halogens is 1. The number of anilines is 1. The average Bonchev–Trinajstić information content (AvgIpc) is 2.71. The Morgan fingerprint density at radius 1 is 0.966 bits per heavy atom. The maximum Gasteiger partial charge on any atom is 0.225 e. The lowest BCUT2D eigenvalue weighted by Crippen LogP contribution is -3.00. The molecule has 0 atom stereocenters. The molecule has 4 nitrogen and oxygen atoms in total. The van der Waals surface area contributed by atoms with E-state index in [1.165, 1.54) is 16.7 Å². The second-order valence-electron chi connectivity index (χ2n) is 7.55. The van der Waals surface area contributed by atoms with E-state index in [0.717, 1.165) is 45.0 Å². The first-order valence-corrected chi connectivity index (χ1v) is 10.1. The zero-order chi connectivity index (χ0) is 19.8. The summed E-state index contributed by atoms with van der Waals surface area (Å²) in [6, 6.07) is 16.5. The van der Waals surface area contributed by atoms with Crippen LogP contribution in [0.3, 0.4) is 0 Å². The van der Waals surface area contributed by atoms with Crippen molar-refractivity contribution in [3.05, 3.63) is 71.3 Å². The molecule has 2 aromatic rings. The van der Waals surface area contributed by atoms with Gasteiger partial charge in [0, 0.05) is 51.4 Å². The summed E-state index contributed by atoms with van der Waals surface area (Å²) in [6.07, 6.45) is 4.96. The van der Waals surface area contributed by atoms with E-state index in [2.05, 4.69) is 71.4 Å². The molecule has 0 aliphatic carbocycles. The molecule has 3 rings (SSSR count). The van der Waals surface area contributed by atoms with Crippen molar-refractivity contribution in [1.82, 2.24) is 9.80 Å². The molecule has 1 saturated heterocycles. The van der Waals surface area contributed by atoms with E-state index in [9.17, 15) is 4.79 Å². The van der Waals surface area contributed by atoms with Crippen molar-refractivity contribution in [2.75, 3.05) is 44.6 Å². The number of benzene rings is 2. The van der Waals surface area contributed by atoms with Gasteiger partial charge in [-0.2, -0.15) is 0 Å². The van der Waals surface area contributed by atoms with Crippen LogP contribution in [0, 0.1) is 13.8 Å². The van der Waals surface area contributed by atoms with Crippen LogP contribution in [0.4, 0.5) is 5.69 Å². The molecule has 0 aromatic heterocycles. The largest absolute Gasteiger partial charge is 1.00 e. The first-order chi connectivity index (χ1) is 13.6. The van der Waals surface area contributed by atoms with Crippen molar-refractivity contribution in [3.63, 3.8) is 0 Å². The Labute approximate surface area is 181 Å². The van der Waals surface area contributed by atoms with Gasteiger partial charge in [-0.1, -0.05) is 48.6 Å². The fourth-order valence-corrected chi connectivity index (χ4v) is 3.40. The van der Waals surface area contributed by atoms with E-state index >= 15 is 0 Å². The van der Waals surface area contributed by atoms with E-state index in [1.54, 1.807) is 0 Å². The molecule has 1 N–H and O–H groups in total. The molecule has 1 aliphatic rings. The maximum atomic E-state index is 12.2. The number of carbonyl (C=O) groups is 1. The van der Waals surface area contributed by atoms with Crippen molar-refractivity contribution in [2.45, 2.75) is 20.3 Å². The average molecular weight is 413 g/mol. The number of carbonyl (C=O) groups excluding carboxylic acids is 1. The molecular weight excluding hydrogens is 382 g/mol. The number of hydrogen-bond donors (Lipinski definition) is 1. The van der Waals surface area contributed by atoms with E-state index in [4.69, 9.17) is 0 Å². The Balaban J connectivity index is 0.00000300. The van der Waals surface area contributed by atoms with E-state index in [1.807, 2.05) is 18.2 Å². The van der Waals surface area contributed by atoms with E-state index in [0.29, 0.717) is 6.42 Å². The molecule has 0 radical (unpaired) electrons. The number of aryl methyl sites for hydroxylation is 2. The van der Waals surface area contributed by atoms with Gasteiger partial charge in [-0.15, -0.1) is 0 Å². The summed E-state index contributed by atoms with van der Waals surface area (Å²) in [7, 11) is 0. The molecule has 0 unspecified atom stereocenters. The van der Waals surface area contributed by atoms with Gasteiger partial charge < -0.3 is 22.6 Å². The van der Waals surface area contributed by atoms with Crippen LogP contribution >= 0.6 is 0 Å². The number of amides is 1. The van der Waals surface area contributed by atoms with Crippen LogP contribution in [-0.4, -0.2) is 55.0 Å². The van der Waals surface area contributed by atoms with Gasteiger partial charge in [0.15, 0.2) is 0 Å². The molecule has 5 heteroatoms. The number of nitrogens with zero attached hydrogens (tertiary/aromatic N) is 2. The molecule has 0 saturated carbocycles. The molecular formula is C24H31ClN3O-. The van der Waals surface area contributed by atoms with Crippen LogP contribution < -0.4 is 17.7 Å². The van der Waals surface area contributed by atoms with Crippen LogP contribution in [-0.2, 0) is 4.79 Å². The molecule has 1 heterocycles. The van der Waals surface area contributed by atoms with E-state index < -0.39 is 0 Å². The number of piperazine rings is 1. The molecule has 1 fully saturated rings. The maximum absolute atomic E-state index is 12.2. The van der Waals surface area contributed by atoms with Gasteiger partial charge in [0.2, 0.25) is 5.91 Å². The number of hydrogen-bond acceptors (Lipinski definition) is 3. The van der Waals surface area contributed by atoms with Crippen LogP contribution in [0.2, 0.25) is 0 Å². The Morgan fingerprint density at radius 3 is 2.34 bits per heavy atom. The lowest BCUT2D eigenvalue weighted by atomic mass is 10.1.